The molecular formula is C12H16Br2N2O2. The first-order chi connectivity index (χ1) is 8.54. The number of anilines is 1. The van der Waals surface area contributed by atoms with Gasteiger partial charge in [-0.2, -0.15) is 0 Å². The summed E-state index contributed by atoms with van der Waals surface area (Å²) in [6.45, 7) is 3.49. The Bertz CT molecular complexity index is 402. The van der Waals surface area contributed by atoms with Gasteiger partial charge < -0.3 is 15.4 Å². The van der Waals surface area contributed by atoms with Crippen LogP contribution in [-0.4, -0.2) is 32.7 Å². The van der Waals surface area contributed by atoms with Crippen molar-refractivity contribution in [3.63, 3.8) is 0 Å². The summed E-state index contributed by atoms with van der Waals surface area (Å²) >= 11 is 6.87. The van der Waals surface area contributed by atoms with Gasteiger partial charge in [0.25, 0.3) is 0 Å². The molecule has 1 amide bonds. The van der Waals surface area contributed by atoms with Gasteiger partial charge in [0.05, 0.1) is 18.8 Å². The molecule has 4 nitrogen and oxygen atoms in total. The molecule has 1 aromatic carbocycles. The average Bonchev–Trinajstić information content (AvgIpc) is 2.29. The number of carbonyl (C=O) groups is 1. The van der Waals surface area contributed by atoms with Crippen LogP contribution < -0.4 is 10.6 Å². The molecule has 0 heterocycles. The Kier molecular flexibility index (Phi) is 6.85. The fourth-order valence-corrected chi connectivity index (χ4v) is 2.99. The molecule has 18 heavy (non-hydrogen) atoms. The molecule has 0 aliphatic heterocycles. The van der Waals surface area contributed by atoms with Crippen LogP contribution in [0.2, 0.25) is 0 Å². The van der Waals surface area contributed by atoms with E-state index < -0.39 is 0 Å². The number of hydrogen-bond acceptors (Lipinski definition) is 3. The standard InChI is InChI=1S/C12H16Br2N2O2/c1-8-5-9(13)12(10(14)6-8)16-11(17)7-15-3-4-18-2/h5-6,15H,3-4,7H2,1-2H3,(H,16,17). The molecule has 1 rings (SSSR count). The van der Waals surface area contributed by atoms with E-state index >= 15 is 0 Å². The highest BCUT2D eigenvalue weighted by molar-refractivity contribution is 9.11. The average molecular weight is 380 g/mol. The van der Waals surface area contributed by atoms with Crippen LogP contribution in [0.3, 0.4) is 0 Å². The molecule has 0 bridgehead atoms. The quantitative estimate of drug-likeness (QED) is 0.747. The first-order valence-corrected chi connectivity index (χ1v) is 7.08. The molecule has 2 N–H and O–H groups in total. The maximum atomic E-state index is 11.7. The molecular weight excluding hydrogens is 364 g/mol. The van der Waals surface area contributed by atoms with E-state index in [9.17, 15) is 4.79 Å². The van der Waals surface area contributed by atoms with Gasteiger partial charge in [-0.3, -0.25) is 4.79 Å². The van der Waals surface area contributed by atoms with E-state index in [0.29, 0.717) is 13.2 Å². The minimum atomic E-state index is -0.0867. The third-order valence-corrected chi connectivity index (χ3v) is 3.47. The lowest BCUT2D eigenvalue weighted by Crippen LogP contribution is -2.30. The van der Waals surface area contributed by atoms with Gasteiger partial charge in [0.1, 0.15) is 0 Å². The molecule has 0 aliphatic carbocycles. The van der Waals surface area contributed by atoms with Crippen LogP contribution in [0.4, 0.5) is 5.69 Å². The smallest absolute Gasteiger partial charge is 0.238 e. The number of halogens is 2. The second-order valence-electron chi connectivity index (χ2n) is 3.82. The van der Waals surface area contributed by atoms with Crippen molar-refractivity contribution < 1.29 is 9.53 Å². The highest BCUT2D eigenvalue weighted by atomic mass is 79.9. The Morgan fingerprint density at radius 1 is 1.33 bits per heavy atom. The highest BCUT2D eigenvalue weighted by Crippen LogP contribution is 2.32. The molecule has 0 spiro atoms. The molecule has 0 saturated carbocycles. The van der Waals surface area contributed by atoms with Gasteiger partial charge in [-0.15, -0.1) is 0 Å². The number of ether oxygens (including phenoxy) is 1. The topological polar surface area (TPSA) is 50.4 Å². The fraction of sp³-hybridized carbons (Fsp3) is 0.417. The molecule has 0 aromatic heterocycles. The minimum Gasteiger partial charge on any atom is -0.383 e. The molecule has 0 atom stereocenters. The zero-order chi connectivity index (χ0) is 13.5. The van der Waals surface area contributed by atoms with Crippen molar-refractivity contribution in [3.8, 4) is 0 Å². The van der Waals surface area contributed by atoms with E-state index in [-0.39, 0.29) is 12.5 Å². The summed E-state index contributed by atoms with van der Waals surface area (Å²) in [6.07, 6.45) is 0. The third-order valence-electron chi connectivity index (χ3n) is 2.22. The van der Waals surface area contributed by atoms with E-state index in [0.717, 1.165) is 20.2 Å². The molecule has 0 radical (unpaired) electrons. The summed E-state index contributed by atoms with van der Waals surface area (Å²) in [5.41, 5.74) is 1.86. The molecule has 0 saturated heterocycles. The summed E-state index contributed by atoms with van der Waals surface area (Å²) in [6, 6.07) is 3.91. The highest BCUT2D eigenvalue weighted by Gasteiger charge is 2.09. The van der Waals surface area contributed by atoms with Crippen molar-refractivity contribution in [1.82, 2.24) is 5.32 Å². The molecule has 6 heteroatoms. The van der Waals surface area contributed by atoms with Crippen molar-refractivity contribution in [2.45, 2.75) is 6.92 Å². The number of hydrogen-bond donors (Lipinski definition) is 2. The Hall–Kier alpha value is -0.430. The molecule has 1 aromatic rings. The van der Waals surface area contributed by atoms with Crippen molar-refractivity contribution in [2.24, 2.45) is 0 Å². The van der Waals surface area contributed by atoms with Crippen LogP contribution in [0.5, 0.6) is 0 Å². The van der Waals surface area contributed by atoms with Crippen molar-refractivity contribution in [3.05, 3.63) is 26.6 Å². The van der Waals surface area contributed by atoms with Crippen LogP contribution >= 0.6 is 31.9 Å². The number of nitrogens with one attached hydrogen (secondary N) is 2. The van der Waals surface area contributed by atoms with E-state index in [1.54, 1.807) is 7.11 Å². The fourth-order valence-electron chi connectivity index (χ4n) is 1.38. The van der Waals surface area contributed by atoms with Crippen LogP contribution in [0.1, 0.15) is 5.56 Å². The van der Waals surface area contributed by atoms with Gasteiger partial charge in [0, 0.05) is 22.6 Å². The van der Waals surface area contributed by atoms with Crippen LogP contribution in [0.25, 0.3) is 0 Å². The van der Waals surface area contributed by atoms with Crippen LogP contribution in [0.15, 0.2) is 21.1 Å². The second-order valence-corrected chi connectivity index (χ2v) is 5.53. The number of amides is 1. The lowest BCUT2D eigenvalue weighted by molar-refractivity contribution is -0.115. The first kappa shape index (κ1) is 15.6. The molecule has 0 aliphatic rings. The Balaban J connectivity index is 2.54. The molecule has 0 unspecified atom stereocenters. The first-order valence-electron chi connectivity index (χ1n) is 5.49. The van der Waals surface area contributed by atoms with Gasteiger partial charge in [0.2, 0.25) is 5.91 Å². The maximum absolute atomic E-state index is 11.7. The van der Waals surface area contributed by atoms with E-state index in [1.807, 2.05) is 19.1 Å². The third kappa shape index (κ3) is 5.06. The normalized spacial score (nSPS) is 10.4. The SMILES string of the molecule is COCCNCC(=O)Nc1c(Br)cc(C)cc1Br. The zero-order valence-electron chi connectivity index (χ0n) is 10.3. The Morgan fingerprint density at radius 2 is 1.94 bits per heavy atom. The number of carbonyl (C=O) groups excluding carboxylic acids is 1. The minimum absolute atomic E-state index is 0.0867. The largest absolute Gasteiger partial charge is 0.383 e. The summed E-state index contributed by atoms with van der Waals surface area (Å²) in [4.78, 5) is 11.7. The summed E-state index contributed by atoms with van der Waals surface area (Å²) in [5.74, 6) is -0.0867. The zero-order valence-corrected chi connectivity index (χ0v) is 13.5. The molecule has 0 fully saturated rings. The van der Waals surface area contributed by atoms with E-state index in [1.165, 1.54) is 0 Å². The predicted molar refractivity (Wildman–Crippen MR) is 80.0 cm³/mol. The predicted octanol–water partition coefficient (Wildman–Crippen LogP) is 2.69. The lowest BCUT2D eigenvalue weighted by atomic mass is 10.2. The van der Waals surface area contributed by atoms with E-state index in [2.05, 4.69) is 42.5 Å². The monoisotopic (exact) mass is 378 g/mol. The van der Waals surface area contributed by atoms with Gasteiger partial charge in [-0.05, 0) is 56.5 Å². The van der Waals surface area contributed by atoms with Gasteiger partial charge >= 0.3 is 0 Å². The summed E-state index contributed by atoms with van der Waals surface area (Å²) in [5, 5.41) is 5.84. The van der Waals surface area contributed by atoms with Crippen LogP contribution in [0, 0.1) is 6.92 Å². The molecule has 100 valence electrons. The Morgan fingerprint density at radius 3 is 2.50 bits per heavy atom. The van der Waals surface area contributed by atoms with E-state index in [4.69, 9.17) is 4.74 Å². The van der Waals surface area contributed by atoms with Gasteiger partial charge in [0.15, 0.2) is 0 Å². The number of benzene rings is 1. The number of rotatable bonds is 6. The summed E-state index contributed by atoms with van der Waals surface area (Å²) < 4.78 is 6.61. The van der Waals surface area contributed by atoms with Crippen molar-refractivity contribution in [2.75, 3.05) is 32.1 Å². The number of aryl methyl sites for hydroxylation is 1. The lowest BCUT2D eigenvalue weighted by Gasteiger charge is -2.11. The van der Waals surface area contributed by atoms with Crippen molar-refractivity contribution >= 4 is 43.5 Å². The van der Waals surface area contributed by atoms with Gasteiger partial charge in [-0.25, -0.2) is 0 Å². The maximum Gasteiger partial charge on any atom is 0.238 e. The number of methoxy groups -OCH3 is 1. The van der Waals surface area contributed by atoms with Crippen molar-refractivity contribution in [1.29, 1.82) is 0 Å². The van der Waals surface area contributed by atoms with Gasteiger partial charge in [-0.1, -0.05) is 0 Å². The summed E-state index contributed by atoms with van der Waals surface area (Å²) in [7, 11) is 1.63. The second kappa shape index (κ2) is 7.89. The Labute approximate surface area is 124 Å². The van der Waals surface area contributed by atoms with Crippen LogP contribution in [-0.2, 0) is 9.53 Å².